The predicted molar refractivity (Wildman–Crippen MR) is 81.4 cm³/mol. The minimum absolute atomic E-state index is 0.554. The van der Waals surface area contributed by atoms with Gasteiger partial charge in [0.15, 0.2) is 0 Å². The Morgan fingerprint density at radius 2 is 2.29 bits per heavy atom. The van der Waals surface area contributed by atoms with Gasteiger partial charge in [-0.15, -0.1) is 11.3 Å². The van der Waals surface area contributed by atoms with Crippen molar-refractivity contribution in [2.75, 3.05) is 13.1 Å². The van der Waals surface area contributed by atoms with Gasteiger partial charge in [-0.25, -0.2) is 0 Å². The van der Waals surface area contributed by atoms with Crippen molar-refractivity contribution in [1.29, 1.82) is 0 Å². The van der Waals surface area contributed by atoms with Crippen LogP contribution in [0, 0.1) is 5.92 Å². The molecule has 5 heteroatoms. The van der Waals surface area contributed by atoms with E-state index in [4.69, 9.17) is 5.73 Å². The molecule has 2 unspecified atom stereocenters. The second kappa shape index (κ2) is 6.15. The zero-order valence-electron chi connectivity index (χ0n) is 9.96. The number of hydrogen-bond acceptors (Lipinski definition) is 3. The average molecular weight is 382 g/mol. The van der Waals surface area contributed by atoms with Gasteiger partial charge in [-0.2, -0.15) is 0 Å². The number of nitrogens with zero attached hydrogens (tertiary/aromatic N) is 1. The van der Waals surface area contributed by atoms with Crippen molar-refractivity contribution in [2.24, 2.45) is 11.7 Å². The van der Waals surface area contributed by atoms with E-state index < -0.39 is 0 Å². The van der Waals surface area contributed by atoms with Crippen LogP contribution in [-0.2, 0) is 6.54 Å². The highest BCUT2D eigenvalue weighted by atomic mass is 79.9. The predicted octanol–water partition coefficient (Wildman–Crippen LogP) is 3.83. The third-order valence-corrected chi connectivity index (χ3v) is 6.67. The smallest absolute Gasteiger partial charge is 0.0843 e. The fourth-order valence-corrected chi connectivity index (χ4v) is 4.63. The molecule has 0 saturated carbocycles. The van der Waals surface area contributed by atoms with E-state index in [1.165, 1.54) is 28.0 Å². The van der Waals surface area contributed by atoms with Crippen LogP contribution in [0.15, 0.2) is 14.3 Å². The van der Waals surface area contributed by atoms with E-state index in [1.807, 2.05) is 11.3 Å². The summed E-state index contributed by atoms with van der Waals surface area (Å²) < 4.78 is 2.34. The molecule has 1 saturated heterocycles. The van der Waals surface area contributed by atoms with Crippen molar-refractivity contribution in [1.82, 2.24) is 4.90 Å². The van der Waals surface area contributed by atoms with Crippen LogP contribution >= 0.6 is 43.2 Å². The third-order valence-electron chi connectivity index (χ3n) is 3.43. The minimum atomic E-state index is 0.554. The van der Waals surface area contributed by atoms with Crippen LogP contribution in [0.3, 0.4) is 0 Å². The maximum Gasteiger partial charge on any atom is 0.0843 e. The summed E-state index contributed by atoms with van der Waals surface area (Å²) in [6.07, 6.45) is 2.54. The second-order valence-corrected chi connectivity index (χ2v) is 8.13. The molecule has 0 bridgehead atoms. The van der Waals surface area contributed by atoms with Gasteiger partial charge in [0.25, 0.3) is 0 Å². The zero-order chi connectivity index (χ0) is 12.4. The molecule has 0 aromatic carbocycles. The molecule has 1 fully saturated rings. The molecule has 2 heterocycles. The van der Waals surface area contributed by atoms with Gasteiger partial charge in [-0.3, -0.25) is 4.90 Å². The van der Waals surface area contributed by atoms with Gasteiger partial charge in [0.2, 0.25) is 0 Å². The molecule has 2 nitrogen and oxygen atoms in total. The first-order valence-electron chi connectivity index (χ1n) is 5.98. The first-order chi connectivity index (χ1) is 8.10. The maximum atomic E-state index is 5.89. The lowest BCUT2D eigenvalue weighted by molar-refractivity contribution is 0.116. The lowest BCUT2D eigenvalue weighted by Crippen LogP contribution is -2.45. The van der Waals surface area contributed by atoms with Crippen LogP contribution in [0.25, 0.3) is 0 Å². The molecular formula is C12H18Br2N2S. The Balaban J connectivity index is 2.02. The highest BCUT2D eigenvalue weighted by Crippen LogP contribution is 2.34. The zero-order valence-corrected chi connectivity index (χ0v) is 13.9. The highest BCUT2D eigenvalue weighted by Gasteiger charge is 2.25. The van der Waals surface area contributed by atoms with E-state index in [0.717, 1.165) is 23.5 Å². The molecule has 0 radical (unpaired) electrons. The first-order valence-corrected chi connectivity index (χ1v) is 8.38. The summed E-state index contributed by atoms with van der Waals surface area (Å²) in [5, 5.41) is 0. The second-order valence-electron chi connectivity index (χ2n) is 4.82. The van der Waals surface area contributed by atoms with Crippen molar-refractivity contribution in [3.63, 3.8) is 0 Å². The van der Waals surface area contributed by atoms with Crippen LogP contribution in [0.1, 0.15) is 24.6 Å². The van der Waals surface area contributed by atoms with Gasteiger partial charge in [0.05, 0.1) is 3.79 Å². The topological polar surface area (TPSA) is 29.3 Å². The Hall–Kier alpha value is 0.580. The molecule has 96 valence electrons. The average Bonchev–Trinajstić information content (AvgIpc) is 2.60. The first kappa shape index (κ1) is 14.0. The highest BCUT2D eigenvalue weighted by molar-refractivity contribution is 9.13. The summed E-state index contributed by atoms with van der Waals surface area (Å²) in [7, 11) is 0. The third kappa shape index (κ3) is 3.53. The molecule has 17 heavy (non-hydrogen) atoms. The molecule has 2 rings (SSSR count). The fourth-order valence-electron chi connectivity index (χ4n) is 2.42. The van der Waals surface area contributed by atoms with Crippen LogP contribution in [0.2, 0.25) is 0 Å². The lowest BCUT2D eigenvalue weighted by Gasteiger charge is -2.37. The summed E-state index contributed by atoms with van der Waals surface area (Å²) >= 11 is 8.90. The quantitative estimate of drug-likeness (QED) is 0.861. The fraction of sp³-hybridized carbons (Fsp3) is 0.667. The molecule has 0 spiro atoms. The molecule has 2 atom stereocenters. The van der Waals surface area contributed by atoms with Crippen molar-refractivity contribution in [3.8, 4) is 0 Å². The van der Waals surface area contributed by atoms with Gasteiger partial charge < -0.3 is 5.73 Å². The molecule has 0 aliphatic carbocycles. The normalized spacial score (nSPS) is 26.4. The van der Waals surface area contributed by atoms with Crippen LogP contribution in [0.5, 0.6) is 0 Å². The number of hydrogen-bond donors (Lipinski definition) is 1. The Morgan fingerprint density at radius 1 is 1.53 bits per heavy atom. The van der Waals surface area contributed by atoms with Gasteiger partial charge in [-0.1, -0.05) is 6.92 Å². The Bertz CT molecular complexity index is 361. The molecule has 0 amide bonds. The standard InChI is InChI=1S/C12H18Br2N2S/c1-8-2-3-16(9(4-8)6-15)7-10-5-11(13)12(14)17-10/h5,8-9H,2-4,6-7,15H2,1H3. The molecule has 1 aliphatic heterocycles. The van der Waals surface area contributed by atoms with E-state index in [-0.39, 0.29) is 0 Å². The number of rotatable bonds is 3. The minimum Gasteiger partial charge on any atom is -0.329 e. The number of halogens is 2. The monoisotopic (exact) mass is 380 g/mol. The number of nitrogens with two attached hydrogens (primary N) is 1. The van der Waals surface area contributed by atoms with Crippen molar-refractivity contribution in [2.45, 2.75) is 32.4 Å². The molecule has 1 aromatic heterocycles. The summed E-state index contributed by atoms with van der Waals surface area (Å²) in [4.78, 5) is 3.93. The molecule has 1 aromatic rings. The van der Waals surface area contributed by atoms with Gasteiger partial charge in [0.1, 0.15) is 0 Å². The molecule has 1 aliphatic rings. The number of thiophene rings is 1. The largest absolute Gasteiger partial charge is 0.329 e. The number of piperidine rings is 1. The summed E-state index contributed by atoms with van der Waals surface area (Å²) in [5.74, 6) is 0.821. The SMILES string of the molecule is CC1CCN(Cc2cc(Br)c(Br)s2)C(CN)C1. The Kier molecular flexibility index (Phi) is 5.06. The van der Waals surface area contributed by atoms with E-state index in [1.54, 1.807) is 0 Å². The van der Waals surface area contributed by atoms with Crippen LogP contribution in [0.4, 0.5) is 0 Å². The van der Waals surface area contributed by atoms with Gasteiger partial charge >= 0.3 is 0 Å². The van der Waals surface area contributed by atoms with Crippen LogP contribution in [-0.4, -0.2) is 24.0 Å². The number of likely N-dealkylation sites (tertiary alicyclic amines) is 1. The molecule has 2 N–H and O–H groups in total. The maximum absolute atomic E-state index is 5.89. The summed E-state index contributed by atoms with van der Waals surface area (Å²) in [5.41, 5.74) is 5.89. The lowest BCUT2D eigenvalue weighted by atomic mass is 9.92. The van der Waals surface area contributed by atoms with Gasteiger partial charge in [0, 0.05) is 28.5 Å². The van der Waals surface area contributed by atoms with E-state index in [2.05, 4.69) is 49.7 Å². The van der Waals surface area contributed by atoms with E-state index in [9.17, 15) is 0 Å². The van der Waals surface area contributed by atoms with Crippen molar-refractivity contribution in [3.05, 3.63) is 19.2 Å². The van der Waals surface area contributed by atoms with Crippen LogP contribution < -0.4 is 5.73 Å². The van der Waals surface area contributed by atoms with E-state index in [0.29, 0.717) is 6.04 Å². The van der Waals surface area contributed by atoms with Crippen molar-refractivity contribution >= 4 is 43.2 Å². The molecular weight excluding hydrogens is 364 g/mol. The summed E-state index contributed by atoms with van der Waals surface area (Å²) in [6.45, 7) is 5.32. The Morgan fingerprint density at radius 3 is 2.88 bits per heavy atom. The van der Waals surface area contributed by atoms with Crippen molar-refractivity contribution < 1.29 is 0 Å². The Labute approximate surface area is 124 Å². The van der Waals surface area contributed by atoms with E-state index >= 15 is 0 Å². The summed E-state index contributed by atoms with van der Waals surface area (Å²) in [6, 6.07) is 2.76. The van der Waals surface area contributed by atoms with Gasteiger partial charge in [-0.05, 0) is 63.2 Å².